The first-order valence-corrected chi connectivity index (χ1v) is 7.77. The number of aromatic hydroxyl groups is 2. The Morgan fingerprint density at radius 1 is 0.885 bits per heavy atom. The second kappa shape index (κ2) is 7.28. The zero-order valence-electron chi connectivity index (χ0n) is 13.6. The molecule has 0 atom stereocenters. The largest absolute Gasteiger partial charge is 0.507 e. The lowest BCUT2D eigenvalue weighted by atomic mass is 10.1. The number of nitrogens with zero attached hydrogens (tertiary/aromatic N) is 1. The average molecular weight is 345 g/mol. The van der Waals surface area contributed by atoms with Crippen LogP contribution in [0.4, 0.5) is 11.4 Å². The van der Waals surface area contributed by atoms with Crippen LogP contribution in [0.2, 0.25) is 0 Å². The number of hydrogen-bond acceptors (Lipinski definition) is 5. The number of phenols is 2. The van der Waals surface area contributed by atoms with Crippen LogP contribution >= 0.6 is 0 Å². The number of benzene rings is 3. The highest BCUT2D eigenvalue weighted by Gasteiger charge is 2.11. The lowest BCUT2D eigenvalue weighted by Crippen LogP contribution is -2.14. The van der Waals surface area contributed by atoms with E-state index in [1.165, 1.54) is 18.3 Å². The fraction of sp³-hybridized carbons (Fsp3) is 0. The van der Waals surface area contributed by atoms with Gasteiger partial charge in [0.25, 0.3) is 5.91 Å². The second-order valence-corrected chi connectivity index (χ2v) is 5.46. The topological polar surface area (TPSA) is 105 Å². The summed E-state index contributed by atoms with van der Waals surface area (Å²) in [5.74, 6) is -0.590. The maximum atomic E-state index is 12.2. The number of phenolic OH excluding ortho intramolecular Hbond substituents is 2. The number of hydrogen-bond donors (Lipinski definition) is 4. The predicted octanol–water partition coefficient (Wildman–Crippen LogP) is 3.71. The molecule has 6 nitrogen and oxygen atoms in total. The van der Waals surface area contributed by atoms with Crippen molar-refractivity contribution >= 4 is 28.1 Å². The average Bonchev–Trinajstić information content (AvgIpc) is 2.65. The van der Waals surface area contributed by atoms with E-state index >= 15 is 0 Å². The molecule has 0 spiro atoms. The smallest absolute Gasteiger partial charge is 0.267 e. The minimum absolute atomic E-state index is 0.0874. The number of nitrogens with one attached hydrogen (secondary N) is 2. The van der Waals surface area contributed by atoms with Crippen LogP contribution in [0.3, 0.4) is 0 Å². The summed E-state index contributed by atoms with van der Waals surface area (Å²) in [4.78, 5) is 12.2. The minimum atomic E-state index is -0.649. The van der Waals surface area contributed by atoms with E-state index in [1.807, 2.05) is 12.1 Å². The fourth-order valence-electron chi connectivity index (χ4n) is 2.49. The van der Waals surface area contributed by atoms with Crippen LogP contribution in [0, 0.1) is 11.3 Å². The quantitative estimate of drug-likeness (QED) is 0.328. The Morgan fingerprint density at radius 2 is 1.54 bits per heavy atom. The standard InChI is InChI=1S/C20H15N3O3/c21-11-13(20(26)23-17-7-1-2-9-19(17)25)12-22-16-8-3-6-15-14(16)5-4-10-18(15)24/h1-10,12,22,24-25H,(H,23,26)/b13-12-. The zero-order chi connectivity index (χ0) is 18.5. The van der Waals surface area contributed by atoms with Crippen molar-refractivity contribution < 1.29 is 15.0 Å². The molecule has 6 heteroatoms. The Kier molecular flexibility index (Phi) is 4.72. The molecule has 0 fully saturated rings. The summed E-state index contributed by atoms with van der Waals surface area (Å²) >= 11 is 0. The van der Waals surface area contributed by atoms with Gasteiger partial charge in [-0.25, -0.2) is 0 Å². The molecule has 3 aromatic carbocycles. The van der Waals surface area contributed by atoms with E-state index in [-0.39, 0.29) is 22.8 Å². The van der Waals surface area contributed by atoms with Gasteiger partial charge in [-0.15, -0.1) is 0 Å². The van der Waals surface area contributed by atoms with E-state index in [0.717, 1.165) is 5.39 Å². The Bertz CT molecular complexity index is 1050. The van der Waals surface area contributed by atoms with Gasteiger partial charge in [-0.3, -0.25) is 4.79 Å². The number of fused-ring (bicyclic) bond motifs is 1. The Morgan fingerprint density at radius 3 is 2.31 bits per heavy atom. The molecular formula is C20H15N3O3. The summed E-state index contributed by atoms with van der Waals surface area (Å²) in [6.45, 7) is 0. The Labute approximate surface area is 149 Å². The van der Waals surface area contributed by atoms with Crippen molar-refractivity contribution in [3.8, 4) is 17.6 Å². The molecule has 3 rings (SSSR count). The summed E-state index contributed by atoms with van der Waals surface area (Å²) < 4.78 is 0. The molecule has 3 aromatic rings. The van der Waals surface area contributed by atoms with Crippen LogP contribution in [0.25, 0.3) is 10.8 Å². The second-order valence-electron chi connectivity index (χ2n) is 5.46. The molecule has 0 radical (unpaired) electrons. The summed E-state index contributed by atoms with van der Waals surface area (Å²) in [6.07, 6.45) is 1.29. The van der Waals surface area contributed by atoms with E-state index in [9.17, 15) is 20.3 Å². The van der Waals surface area contributed by atoms with Gasteiger partial charge in [0.05, 0.1) is 5.69 Å². The van der Waals surface area contributed by atoms with Crippen molar-refractivity contribution in [2.45, 2.75) is 0 Å². The van der Waals surface area contributed by atoms with Crippen LogP contribution in [0.15, 0.2) is 72.4 Å². The number of anilines is 2. The molecular weight excluding hydrogens is 330 g/mol. The van der Waals surface area contributed by atoms with Crippen molar-refractivity contribution in [1.82, 2.24) is 0 Å². The van der Waals surface area contributed by atoms with Gasteiger partial charge in [-0.1, -0.05) is 36.4 Å². The lowest BCUT2D eigenvalue weighted by molar-refractivity contribution is -0.112. The first-order valence-electron chi connectivity index (χ1n) is 7.77. The molecule has 0 heterocycles. The highest BCUT2D eigenvalue weighted by molar-refractivity contribution is 6.07. The van der Waals surface area contributed by atoms with E-state index in [0.29, 0.717) is 11.1 Å². The Hall–Kier alpha value is -3.98. The predicted molar refractivity (Wildman–Crippen MR) is 99.7 cm³/mol. The van der Waals surface area contributed by atoms with Crippen LogP contribution in [0.1, 0.15) is 0 Å². The monoisotopic (exact) mass is 345 g/mol. The van der Waals surface area contributed by atoms with E-state index < -0.39 is 5.91 Å². The summed E-state index contributed by atoms with van der Waals surface area (Å²) in [6, 6.07) is 18.5. The maximum Gasteiger partial charge on any atom is 0.267 e. The van der Waals surface area contributed by atoms with E-state index in [4.69, 9.17) is 0 Å². The van der Waals surface area contributed by atoms with Gasteiger partial charge in [0.2, 0.25) is 0 Å². The molecule has 4 N–H and O–H groups in total. The minimum Gasteiger partial charge on any atom is -0.507 e. The first kappa shape index (κ1) is 16.9. The van der Waals surface area contributed by atoms with E-state index in [2.05, 4.69) is 10.6 Å². The van der Waals surface area contributed by atoms with Gasteiger partial charge in [-0.2, -0.15) is 5.26 Å². The van der Waals surface area contributed by atoms with E-state index in [1.54, 1.807) is 42.5 Å². The number of para-hydroxylation sites is 2. The molecule has 0 aliphatic heterocycles. The number of rotatable bonds is 4. The van der Waals surface area contributed by atoms with Gasteiger partial charge in [0.15, 0.2) is 0 Å². The summed E-state index contributed by atoms with van der Waals surface area (Å²) in [5, 5.41) is 35.7. The lowest BCUT2D eigenvalue weighted by Gasteiger charge is -2.09. The van der Waals surface area contributed by atoms with Crippen molar-refractivity contribution in [1.29, 1.82) is 5.26 Å². The Balaban J connectivity index is 1.85. The molecule has 0 unspecified atom stereocenters. The molecule has 0 aliphatic carbocycles. The summed E-state index contributed by atoms with van der Waals surface area (Å²) in [5.41, 5.74) is 0.695. The number of carbonyl (C=O) groups is 1. The molecule has 0 bridgehead atoms. The van der Waals surface area contributed by atoms with Crippen molar-refractivity contribution in [2.24, 2.45) is 0 Å². The van der Waals surface area contributed by atoms with Gasteiger partial charge in [0.1, 0.15) is 23.1 Å². The molecule has 26 heavy (non-hydrogen) atoms. The molecule has 0 aromatic heterocycles. The van der Waals surface area contributed by atoms with Gasteiger partial charge < -0.3 is 20.8 Å². The van der Waals surface area contributed by atoms with Gasteiger partial charge in [-0.05, 0) is 24.3 Å². The number of nitriles is 1. The van der Waals surface area contributed by atoms with Gasteiger partial charge in [0, 0.05) is 22.7 Å². The van der Waals surface area contributed by atoms with Crippen molar-refractivity contribution in [2.75, 3.05) is 10.6 Å². The number of carbonyl (C=O) groups excluding carboxylic acids is 1. The third-order valence-corrected chi connectivity index (χ3v) is 3.79. The third kappa shape index (κ3) is 3.42. The molecule has 1 amide bonds. The normalized spacial score (nSPS) is 11.0. The molecule has 0 aliphatic rings. The number of amides is 1. The molecule has 0 saturated carbocycles. The van der Waals surface area contributed by atoms with Crippen LogP contribution in [-0.2, 0) is 4.79 Å². The molecule has 0 saturated heterocycles. The van der Waals surface area contributed by atoms with Gasteiger partial charge >= 0.3 is 0 Å². The van der Waals surface area contributed by atoms with Crippen LogP contribution in [0.5, 0.6) is 11.5 Å². The fourth-order valence-corrected chi connectivity index (χ4v) is 2.49. The first-order chi connectivity index (χ1) is 12.6. The van der Waals surface area contributed by atoms with Crippen molar-refractivity contribution in [3.63, 3.8) is 0 Å². The molecule has 128 valence electrons. The third-order valence-electron chi connectivity index (χ3n) is 3.79. The zero-order valence-corrected chi connectivity index (χ0v) is 13.6. The van der Waals surface area contributed by atoms with Crippen LogP contribution < -0.4 is 10.6 Å². The maximum absolute atomic E-state index is 12.2. The summed E-state index contributed by atoms with van der Waals surface area (Å²) in [7, 11) is 0. The highest BCUT2D eigenvalue weighted by atomic mass is 16.3. The van der Waals surface area contributed by atoms with Crippen molar-refractivity contribution in [3.05, 3.63) is 72.4 Å². The SMILES string of the molecule is N#C/C(=C/Nc1cccc2c(O)cccc12)C(=O)Nc1ccccc1O. The highest BCUT2D eigenvalue weighted by Crippen LogP contribution is 2.30. The van der Waals surface area contributed by atoms with Crippen LogP contribution in [-0.4, -0.2) is 16.1 Å².